The van der Waals surface area contributed by atoms with E-state index < -0.39 is 0 Å². The Balaban J connectivity index is 1.99. The molecule has 6 nitrogen and oxygen atoms in total. The van der Waals surface area contributed by atoms with Gasteiger partial charge < -0.3 is 15.8 Å². The molecule has 0 heterocycles. The van der Waals surface area contributed by atoms with Crippen molar-refractivity contribution in [3.63, 3.8) is 0 Å². The highest BCUT2D eigenvalue weighted by Gasteiger charge is 2.07. The number of benzene rings is 2. The van der Waals surface area contributed by atoms with Crippen molar-refractivity contribution in [3.05, 3.63) is 58.6 Å². The topological polar surface area (TPSA) is 88.7 Å². The van der Waals surface area contributed by atoms with Crippen LogP contribution in [-0.4, -0.2) is 23.8 Å². The molecule has 0 unspecified atom stereocenters. The van der Waals surface area contributed by atoms with Gasteiger partial charge in [0.15, 0.2) is 11.7 Å². The number of rotatable bonds is 6. The van der Waals surface area contributed by atoms with Gasteiger partial charge in [0.05, 0.1) is 6.21 Å². The van der Waals surface area contributed by atoms with E-state index in [1.807, 2.05) is 24.3 Å². The van der Waals surface area contributed by atoms with E-state index in [0.717, 1.165) is 4.47 Å². The summed E-state index contributed by atoms with van der Waals surface area (Å²) in [5.41, 5.74) is 9.16. The molecule has 24 heavy (non-hydrogen) atoms. The Hall–Kier alpha value is -2.45. The van der Waals surface area contributed by atoms with Gasteiger partial charge in [-0.05, 0) is 42.5 Å². The summed E-state index contributed by atoms with van der Waals surface area (Å²) in [5, 5.41) is 6.70. The summed E-state index contributed by atoms with van der Waals surface area (Å²) in [5.74, 6) is 0.253. The van der Waals surface area contributed by atoms with Gasteiger partial charge in [-0.15, -0.1) is 0 Å². The summed E-state index contributed by atoms with van der Waals surface area (Å²) in [7, 11) is 0. The highest BCUT2D eigenvalue weighted by Crippen LogP contribution is 2.21. The summed E-state index contributed by atoms with van der Waals surface area (Å²) in [4.78, 5) is 11.9. The first-order valence-corrected chi connectivity index (χ1v) is 8.10. The van der Waals surface area contributed by atoms with Crippen LogP contribution in [0.5, 0.6) is 5.75 Å². The number of nitrogens with one attached hydrogen (secondary N) is 2. The average Bonchev–Trinajstić information content (AvgIpc) is 2.54. The number of ether oxygens (including phenoxy) is 1. The predicted molar refractivity (Wildman–Crippen MR) is 102 cm³/mol. The maximum atomic E-state index is 11.9. The molecule has 2 aromatic rings. The molecule has 0 saturated carbocycles. The highest BCUT2D eigenvalue weighted by molar-refractivity contribution is 9.10. The van der Waals surface area contributed by atoms with Crippen molar-refractivity contribution in [2.24, 2.45) is 10.8 Å². The van der Waals surface area contributed by atoms with Gasteiger partial charge in [0.25, 0.3) is 5.91 Å². The van der Waals surface area contributed by atoms with Crippen LogP contribution in [0.25, 0.3) is 0 Å². The fourth-order valence-electron chi connectivity index (χ4n) is 1.78. The summed E-state index contributed by atoms with van der Waals surface area (Å²) in [6, 6.07) is 14.5. The minimum absolute atomic E-state index is 0.0611. The van der Waals surface area contributed by atoms with Crippen LogP contribution in [0.1, 0.15) is 5.56 Å². The van der Waals surface area contributed by atoms with E-state index in [-0.39, 0.29) is 17.6 Å². The van der Waals surface area contributed by atoms with Gasteiger partial charge in [0, 0.05) is 15.7 Å². The number of carbonyl (C=O) groups is 1. The fraction of sp³-hybridized carbons (Fsp3) is 0.0625. The molecule has 0 atom stereocenters. The molecule has 1 amide bonds. The van der Waals surface area contributed by atoms with Crippen molar-refractivity contribution in [1.29, 1.82) is 0 Å². The van der Waals surface area contributed by atoms with E-state index in [1.54, 1.807) is 24.3 Å². The fourth-order valence-corrected chi connectivity index (χ4v) is 2.21. The molecule has 0 radical (unpaired) electrons. The normalized spacial score (nSPS) is 10.4. The van der Waals surface area contributed by atoms with Gasteiger partial charge in [-0.1, -0.05) is 34.1 Å². The predicted octanol–water partition coefficient (Wildman–Crippen LogP) is 2.63. The summed E-state index contributed by atoms with van der Waals surface area (Å²) >= 11 is 8.05. The molecule has 2 rings (SSSR count). The molecule has 8 heteroatoms. The Morgan fingerprint density at radius 2 is 2.04 bits per heavy atom. The quantitative estimate of drug-likeness (QED) is 0.389. The molecule has 0 aromatic heterocycles. The minimum Gasteiger partial charge on any atom is -0.483 e. The first-order chi connectivity index (χ1) is 11.5. The van der Waals surface area contributed by atoms with Crippen molar-refractivity contribution in [2.75, 3.05) is 11.9 Å². The number of halogens is 1. The monoisotopic (exact) mass is 406 g/mol. The van der Waals surface area contributed by atoms with Gasteiger partial charge in [0.1, 0.15) is 5.75 Å². The van der Waals surface area contributed by atoms with E-state index in [4.69, 9.17) is 10.5 Å². The molecule has 4 N–H and O–H groups in total. The van der Waals surface area contributed by atoms with Crippen LogP contribution in [0.15, 0.2) is 58.1 Å². The van der Waals surface area contributed by atoms with Gasteiger partial charge in [-0.3, -0.25) is 10.2 Å². The van der Waals surface area contributed by atoms with Crippen LogP contribution in [0.2, 0.25) is 0 Å². The maximum absolute atomic E-state index is 11.9. The highest BCUT2D eigenvalue weighted by atomic mass is 79.9. The largest absolute Gasteiger partial charge is 0.483 e. The van der Waals surface area contributed by atoms with E-state index in [1.165, 1.54) is 6.21 Å². The Morgan fingerprint density at radius 1 is 1.29 bits per heavy atom. The third-order valence-electron chi connectivity index (χ3n) is 2.77. The second kappa shape index (κ2) is 8.99. The molecule has 2 aromatic carbocycles. The van der Waals surface area contributed by atoms with Crippen LogP contribution in [0, 0.1) is 0 Å². The van der Waals surface area contributed by atoms with Crippen LogP contribution in [0.3, 0.4) is 0 Å². The third kappa shape index (κ3) is 5.98. The molecule has 0 aliphatic carbocycles. The smallest absolute Gasteiger partial charge is 0.262 e. The number of hydrogen-bond donors (Lipinski definition) is 3. The molecule has 0 aliphatic rings. The lowest BCUT2D eigenvalue weighted by molar-refractivity contribution is -0.118. The molecule has 0 saturated heterocycles. The first-order valence-electron chi connectivity index (χ1n) is 6.90. The lowest BCUT2D eigenvalue weighted by Crippen LogP contribution is -2.24. The van der Waals surface area contributed by atoms with Crippen molar-refractivity contribution in [3.8, 4) is 5.75 Å². The Morgan fingerprint density at radius 3 is 2.75 bits per heavy atom. The Labute approximate surface area is 153 Å². The zero-order valence-electron chi connectivity index (χ0n) is 12.5. The van der Waals surface area contributed by atoms with Gasteiger partial charge in [0.2, 0.25) is 0 Å². The van der Waals surface area contributed by atoms with E-state index in [2.05, 4.69) is 44.0 Å². The van der Waals surface area contributed by atoms with Crippen LogP contribution in [0.4, 0.5) is 5.69 Å². The number of carbonyl (C=O) groups excluding carboxylic acids is 1. The first kappa shape index (κ1) is 17.9. The van der Waals surface area contributed by atoms with Crippen molar-refractivity contribution in [1.82, 2.24) is 5.43 Å². The number of nitrogens with zero attached hydrogens (tertiary/aromatic N) is 1. The van der Waals surface area contributed by atoms with Gasteiger partial charge in [-0.25, -0.2) is 0 Å². The number of amides is 1. The average molecular weight is 407 g/mol. The molecular formula is C16H15BrN4O2S. The van der Waals surface area contributed by atoms with Gasteiger partial charge in [-0.2, -0.15) is 5.10 Å². The summed E-state index contributed by atoms with van der Waals surface area (Å²) in [6.07, 6.45) is 1.51. The molecule has 0 bridgehead atoms. The maximum Gasteiger partial charge on any atom is 0.262 e. The summed E-state index contributed by atoms with van der Waals surface area (Å²) in [6.45, 7) is -0.125. The number of thiocarbonyl (C=S) groups is 1. The van der Waals surface area contributed by atoms with E-state index in [9.17, 15) is 4.79 Å². The second-order valence-corrected chi connectivity index (χ2v) is 5.97. The van der Waals surface area contributed by atoms with E-state index >= 15 is 0 Å². The number of nitrogens with two attached hydrogens (primary N) is 1. The molecule has 124 valence electrons. The zero-order chi connectivity index (χ0) is 17.4. The van der Waals surface area contributed by atoms with Gasteiger partial charge >= 0.3 is 0 Å². The molecular weight excluding hydrogens is 392 g/mol. The van der Waals surface area contributed by atoms with Crippen molar-refractivity contribution < 1.29 is 9.53 Å². The number of hydrogen-bond acceptors (Lipinski definition) is 4. The Bertz CT molecular complexity index is 753. The van der Waals surface area contributed by atoms with Crippen LogP contribution >= 0.6 is 28.1 Å². The number of hydrazone groups is 1. The van der Waals surface area contributed by atoms with Crippen LogP contribution in [-0.2, 0) is 4.79 Å². The second-order valence-electron chi connectivity index (χ2n) is 4.62. The number of para-hydroxylation sites is 1. The van der Waals surface area contributed by atoms with Crippen molar-refractivity contribution in [2.45, 2.75) is 0 Å². The van der Waals surface area contributed by atoms with Crippen molar-refractivity contribution >= 4 is 51.1 Å². The summed E-state index contributed by atoms with van der Waals surface area (Å²) < 4.78 is 6.42. The molecule has 0 spiro atoms. The molecule has 0 fully saturated rings. The standard InChI is InChI=1S/C16H15BrN4O2S/c17-12-6-7-14(11(8-12)9-19-21-16(18)24)23-10-15(22)20-13-4-2-1-3-5-13/h1-9H,10H2,(H,20,22)(H3,18,21,24)/b19-9+. The lowest BCUT2D eigenvalue weighted by Gasteiger charge is -2.10. The lowest BCUT2D eigenvalue weighted by atomic mass is 10.2. The minimum atomic E-state index is -0.256. The van der Waals surface area contributed by atoms with Crippen LogP contribution < -0.4 is 21.2 Å². The molecule has 0 aliphatic heterocycles. The number of anilines is 1. The zero-order valence-corrected chi connectivity index (χ0v) is 14.9. The third-order valence-corrected chi connectivity index (χ3v) is 3.35. The Kier molecular flexibility index (Phi) is 6.71. The SMILES string of the molecule is NC(=S)N/N=C/c1cc(Br)ccc1OCC(=O)Nc1ccccc1. The van der Waals surface area contributed by atoms with E-state index in [0.29, 0.717) is 17.0 Å².